The number of aliphatic hydroxyl groups excluding tert-OH is 1. The maximum absolute atomic E-state index is 10.5. The van der Waals surface area contributed by atoms with Crippen molar-refractivity contribution < 1.29 is 14.6 Å². The first-order valence-electron chi connectivity index (χ1n) is 6.90. The summed E-state index contributed by atoms with van der Waals surface area (Å²) in [6, 6.07) is 18.7. The van der Waals surface area contributed by atoms with Crippen LogP contribution >= 0.6 is 11.3 Å². The Hall–Kier alpha value is -2.30. The standard InChI is InChI=1S/C18H16O3S/c1-20-13-8-10-14(11-9-13)21-16-6-3-2-5-15(16)18(19)17-7-4-12-22-17/h2-12,18-19H,1H3. The van der Waals surface area contributed by atoms with Crippen LogP contribution in [-0.2, 0) is 0 Å². The van der Waals surface area contributed by atoms with Crippen molar-refractivity contribution in [3.05, 3.63) is 76.5 Å². The molecule has 0 radical (unpaired) electrons. The Balaban J connectivity index is 1.87. The van der Waals surface area contributed by atoms with Crippen molar-refractivity contribution in [3.63, 3.8) is 0 Å². The fraction of sp³-hybridized carbons (Fsp3) is 0.111. The lowest BCUT2D eigenvalue weighted by molar-refractivity contribution is 0.220. The molecule has 0 aliphatic rings. The minimum absolute atomic E-state index is 0.647. The molecule has 1 aromatic heterocycles. The molecule has 0 bridgehead atoms. The molecule has 3 rings (SSSR count). The molecule has 3 aromatic rings. The zero-order valence-corrected chi connectivity index (χ0v) is 12.9. The summed E-state index contributed by atoms with van der Waals surface area (Å²) in [5, 5.41) is 12.5. The van der Waals surface area contributed by atoms with E-state index in [0.29, 0.717) is 11.5 Å². The molecule has 0 aliphatic carbocycles. The van der Waals surface area contributed by atoms with Crippen LogP contribution in [0.2, 0.25) is 0 Å². The van der Waals surface area contributed by atoms with Gasteiger partial charge in [-0.15, -0.1) is 11.3 Å². The summed E-state index contributed by atoms with van der Waals surface area (Å²) in [4.78, 5) is 0.894. The topological polar surface area (TPSA) is 38.7 Å². The predicted octanol–water partition coefficient (Wildman–Crippen LogP) is 4.63. The quantitative estimate of drug-likeness (QED) is 0.746. The third-order valence-electron chi connectivity index (χ3n) is 3.31. The first kappa shape index (κ1) is 14.6. The van der Waals surface area contributed by atoms with Gasteiger partial charge >= 0.3 is 0 Å². The molecule has 0 spiro atoms. The number of rotatable bonds is 5. The van der Waals surface area contributed by atoms with Gasteiger partial charge in [0.25, 0.3) is 0 Å². The van der Waals surface area contributed by atoms with Gasteiger partial charge in [-0.1, -0.05) is 24.3 Å². The Morgan fingerprint density at radius 3 is 2.32 bits per heavy atom. The molecule has 22 heavy (non-hydrogen) atoms. The van der Waals surface area contributed by atoms with Crippen molar-refractivity contribution in [1.82, 2.24) is 0 Å². The SMILES string of the molecule is COc1ccc(Oc2ccccc2C(O)c2cccs2)cc1. The van der Waals surface area contributed by atoms with Crippen molar-refractivity contribution in [2.45, 2.75) is 6.10 Å². The molecule has 0 amide bonds. The molecule has 0 aliphatic heterocycles. The summed E-state index contributed by atoms with van der Waals surface area (Å²) < 4.78 is 11.1. The maximum Gasteiger partial charge on any atom is 0.133 e. The minimum atomic E-state index is -0.686. The van der Waals surface area contributed by atoms with Gasteiger partial charge in [0, 0.05) is 10.4 Å². The van der Waals surface area contributed by atoms with Crippen LogP contribution in [0.3, 0.4) is 0 Å². The molecule has 0 saturated carbocycles. The molecular formula is C18H16O3S. The van der Waals surface area contributed by atoms with Crippen LogP contribution in [0.15, 0.2) is 66.0 Å². The van der Waals surface area contributed by atoms with Crippen molar-refractivity contribution in [2.24, 2.45) is 0 Å². The van der Waals surface area contributed by atoms with Crippen LogP contribution in [0, 0.1) is 0 Å². The lowest BCUT2D eigenvalue weighted by Gasteiger charge is -2.15. The number of aliphatic hydroxyl groups is 1. The highest BCUT2D eigenvalue weighted by Gasteiger charge is 2.16. The Morgan fingerprint density at radius 1 is 0.909 bits per heavy atom. The number of hydrogen-bond acceptors (Lipinski definition) is 4. The van der Waals surface area contributed by atoms with E-state index in [9.17, 15) is 5.11 Å². The van der Waals surface area contributed by atoms with E-state index in [1.807, 2.05) is 66.0 Å². The zero-order chi connectivity index (χ0) is 15.4. The first-order chi connectivity index (χ1) is 10.8. The van der Waals surface area contributed by atoms with Crippen LogP contribution in [0.1, 0.15) is 16.5 Å². The Kier molecular flexibility index (Phi) is 4.42. The average molecular weight is 312 g/mol. The lowest BCUT2D eigenvalue weighted by atomic mass is 10.1. The Bertz CT molecular complexity index is 720. The second-order valence-corrected chi connectivity index (χ2v) is 5.71. The van der Waals surface area contributed by atoms with Gasteiger partial charge in [-0.2, -0.15) is 0 Å². The van der Waals surface area contributed by atoms with Gasteiger partial charge in [-0.3, -0.25) is 0 Å². The van der Waals surface area contributed by atoms with Gasteiger partial charge in [0.1, 0.15) is 23.4 Å². The second kappa shape index (κ2) is 6.64. The van der Waals surface area contributed by atoms with E-state index in [1.165, 1.54) is 11.3 Å². The molecule has 3 nitrogen and oxygen atoms in total. The van der Waals surface area contributed by atoms with Gasteiger partial charge < -0.3 is 14.6 Å². The monoisotopic (exact) mass is 312 g/mol. The lowest BCUT2D eigenvalue weighted by Crippen LogP contribution is -2.00. The van der Waals surface area contributed by atoms with Crippen molar-refractivity contribution in [2.75, 3.05) is 7.11 Å². The molecule has 1 atom stereocenters. The number of methoxy groups -OCH3 is 1. The average Bonchev–Trinajstić information content (AvgIpc) is 3.10. The van der Waals surface area contributed by atoms with E-state index in [4.69, 9.17) is 9.47 Å². The number of ether oxygens (including phenoxy) is 2. The van der Waals surface area contributed by atoms with Crippen LogP contribution in [0.5, 0.6) is 17.2 Å². The summed E-state index contributed by atoms with van der Waals surface area (Å²) >= 11 is 1.52. The minimum Gasteiger partial charge on any atom is -0.497 e. The number of benzene rings is 2. The van der Waals surface area contributed by atoms with Gasteiger partial charge in [0.15, 0.2) is 0 Å². The molecule has 2 aromatic carbocycles. The van der Waals surface area contributed by atoms with E-state index in [2.05, 4.69) is 0 Å². The molecule has 1 N–H and O–H groups in total. The Morgan fingerprint density at radius 2 is 1.64 bits per heavy atom. The highest BCUT2D eigenvalue weighted by Crippen LogP contribution is 2.34. The summed E-state index contributed by atoms with van der Waals surface area (Å²) in [6.45, 7) is 0. The van der Waals surface area contributed by atoms with E-state index < -0.39 is 6.10 Å². The van der Waals surface area contributed by atoms with Crippen molar-refractivity contribution in [1.29, 1.82) is 0 Å². The molecule has 0 fully saturated rings. The predicted molar refractivity (Wildman–Crippen MR) is 87.9 cm³/mol. The largest absolute Gasteiger partial charge is 0.497 e. The maximum atomic E-state index is 10.5. The molecule has 1 heterocycles. The highest BCUT2D eigenvalue weighted by atomic mass is 32.1. The summed E-state index contributed by atoms with van der Waals surface area (Å²) in [7, 11) is 1.63. The third-order valence-corrected chi connectivity index (χ3v) is 4.24. The van der Waals surface area contributed by atoms with E-state index in [0.717, 1.165) is 16.2 Å². The van der Waals surface area contributed by atoms with E-state index >= 15 is 0 Å². The number of para-hydroxylation sites is 1. The van der Waals surface area contributed by atoms with Crippen LogP contribution in [0.4, 0.5) is 0 Å². The number of hydrogen-bond donors (Lipinski definition) is 1. The van der Waals surface area contributed by atoms with Crippen LogP contribution < -0.4 is 9.47 Å². The van der Waals surface area contributed by atoms with Gasteiger partial charge in [0.05, 0.1) is 7.11 Å². The first-order valence-corrected chi connectivity index (χ1v) is 7.78. The van der Waals surface area contributed by atoms with Gasteiger partial charge in [0.2, 0.25) is 0 Å². The second-order valence-electron chi connectivity index (χ2n) is 4.73. The smallest absolute Gasteiger partial charge is 0.133 e. The Labute approximate surface area is 133 Å². The summed E-state index contributed by atoms with van der Waals surface area (Å²) in [5.74, 6) is 2.12. The van der Waals surface area contributed by atoms with Gasteiger partial charge in [-0.05, 0) is 41.8 Å². The fourth-order valence-corrected chi connectivity index (χ4v) is 2.90. The van der Waals surface area contributed by atoms with Crippen LogP contribution in [0.25, 0.3) is 0 Å². The molecule has 112 valence electrons. The van der Waals surface area contributed by atoms with Crippen LogP contribution in [-0.4, -0.2) is 12.2 Å². The normalized spacial score (nSPS) is 11.9. The zero-order valence-electron chi connectivity index (χ0n) is 12.1. The highest BCUT2D eigenvalue weighted by molar-refractivity contribution is 7.10. The summed E-state index contributed by atoms with van der Waals surface area (Å²) in [6.07, 6.45) is -0.686. The third kappa shape index (κ3) is 3.13. The van der Waals surface area contributed by atoms with E-state index in [1.54, 1.807) is 7.11 Å². The fourth-order valence-electron chi connectivity index (χ4n) is 2.17. The van der Waals surface area contributed by atoms with Crippen molar-refractivity contribution in [3.8, 4) is 17.2 Å². The molecule has 1 unspecified atom stereocenters. The summed E-state index contributed by atoms with van der Waals surface area (Å²) in [5.41, 5.74) is 0.751. The van der Waals surface area contributed by atoms with Crippen molar-refractivity contribution >= 4 is 11.3 Å². The van der Waals surface area contributed by atoms with Gasteiger partial charge in [-0.25, -0.2) is 0 Å². The number of thiophene rings is 1. The molecule has 0 saturated heterocycles. The molecule has 4 heteroatoms. The van der Waals surface area contributed by atoms with E-state index in [-0.39, 0.29) is 0 Å². The molecular weight excluding hydrogens is 296 g/mol.